The second kappa shape index (κ2) is 5.63. The number of ether oxygens (including phenoxy) is 1. The van der Waals surface area contributed by atoms with Gasteiger partial charge in [-0.15, -0.1) is 0 Å². The van der Waals surface area contributed by atoms with Crippen LogP contribution in [0.2, 0.25) is 0 Å². The molecule has 0 unspecified atom stereocenters. The quantitative estimate of drug-likeness (QED) is 0.880. The van der Waals surface area contributed by atoms with Gasteiger partial charge in [-0.2, -0.15) is 0 Å². The van der Waals surface area contributed by atoms with Crippen LogP contribution in [-0.4, -0.2) is 6.04 Å². The summed E-state index contributed by atoms with van der Waals surface area (Å²) in [5.74, 6) is -0.493. The Morgan fingerprint density at radius 1 is 1.20 bits per heavy atom. The Morgan fingerprint density at radius 3 is 2.65 bits per heavy atom. The van der Waals surface area contributed by atoms with Gasteiger partial charge in [0, 0.05) is 36.3 Å². The van der Waals surface area contributed by atoms with Gasteiger partial charge in [-0.3, -0.25) is 0 Å². The zero-order valence-electron chi connectivity index (χ0n) is 10.9. The highest BCUT2D eigenvalue weighted by Crippen LogP contribution is 2.21. The Labute approximate surface area is 115 Å². The van der Waals surface area contributed by atoms with E-state index in [1.807, 2.05) is 6.07 Å². The fraction of sp³-hybridized carbons (Fsp3) is 0.333. The van der Waals surface area contributed by atoms with Crippen molar-refractivity contribution in [2.45, 2.75) is 32.0 Å². The molecule has 0 atom stereocenters. The van der Waals surface area contributed by atoms with Gasteiger partial charge in [0.2, 0.25) is 0 Å². The maximum absolute atomic E-state index is 13.0. The van der Waals surface area contributed by atoms with E-state index in [0.717, 1.165) is 30.3 Å². The summed E-state index contributed by atoms with van der Waals surface area (Å²) in [5.41, 5.74) is 1.01. The molecule has 3 nitrogen and oxygen atoms in total. The van der Waals surface area contributed by atoms with Crippen molar-refractivity contribution in [1.82, 2.24) is 5.32 Å². The van der Waals surface area contributed by atoms with Gasteiger partial charge in [0.15, 0.2) is 0 Å². The first-order valence-corrected chi connectivity index (χ1v) is 6.58. The molecule has 0 radical (unpaired) electrons. The topological polar surface area (TPSA) is 34.4 Å². The van der Waals surface area contributed by atoms with Gasteiger partial charge in [0.1, 0.15) is 29.8 Å². The number of hydrogen-bond donors (Lipinski definition) is 1. The van der Waals surface area contributed by atoms with Crippen molar-refractivity contribution in [3.05, 3.63) is 53.5 Å². The summed E-state index contributed by atoms with van der Waals surface area (Å²) in [6.07, 6.45) is 4.02. The third-order valence-electron chi connectivity index (χ3n) is 3.20. The maximum Gasteiger partial charge on any atom is 0.146 e. The Bertz CT molecular complexity index is 573. The van der Waals surface area contributed by atoms with Crippen LogP contribution in [0.1, 0.15) is 24.2 Å². The van der Waals surface area contributed by atoms with Crippen molar-refractivity contribution in [1.29, 1.82) is 0 Å². The monoisotopic (exact) mass is 279 g/mol. The van der Waals surface area contributed by atoms with Crippen LogP contribution in [0.15, 0.2) is 34.9 Å². The molecular weight excluding hydrogens is 264 g/mol. The first-order valence-electron chi connectivity index (χ1n) is 6.58. The van der Waals surface area contributed by atoms with Gasteiger partial charge in [-0.25, -0.2) is 8.78 Å². The molecule has 106 valence electrons. The van der Waals surface area contributed by atoms with Gasteiger partial charge in [-0.05, 0) is 18.9 Å². The fourth-order valence-electron chi connectivity index (χ4n) is 1.95. The molecule has 0 amide bonds. The average Bonchev–Trinajstić information content (AvgIpc) is 3.12. The molecule has 1 aliphatic rings. The fourth-order valence-corrected chi connectivity index (χ4v) is 1.95. The van der Waals surface area contributed by atoms with Gasteiger partial charge in [-0.1, -0.05) is 0 Å². The van der Waals surface area contributed by atoms with Crippen LogP contribution < -0.4 is 10.1 Å². The molecule has 1 aromatic carbocycles. The van der Waals surface area contributed by atoms with Gasteiger partial charge < -0.3 is 14.5 Å². The van der Waals surface area contributed by atoms with E-state index in [1.165, 1.54) is 12.8 Å². The molecule has 20 heavy (non-hydrogen) atoms. The molecule has 0 aliphatic heterocycles. The predicted molar refractivity (Wildman–Crippen MR) is 69.3 cm³/mol. The summed E-state index contributed by atoms with van der Waals surface area (Å²) in [4.78, 5) is 0. The van der Waals surface area contributed by atoms with Crippen LogP contribution in [-0.2, 0) is 13.2 Å². The van der Waals surface area contributed by atoms with E-state index in [4.69, 9.17) is 9.15 Å². The van der Waals surface area contributed by atoms with Gasteiger partial charge in [0.05, 0.1) is 6.26 Å². The van der Waals surface area contributed by atoms with Crippen LogP contribution >= 0.6 is 0 Å². The summed E-state index contributed by atoms with van der Waals surface area (Å²) in [6.45, 7) is 0.870. The maximum atomic E-state index is 13.0. The van der Waals surface area contributed by atoms with Crippen molar-refractivity contribution in [2.75, 3.05) is 0 Å². The zero-order chi connectivity index (χ0) is 13.9. The van der Waals surface area contributed by atoms with Crippen molar-refractivity contribution in [2.24, 2.45) is 0 Å². The first kappa shape index (κ1) is 13.1. The number of halogens is 2. The van der Waals surface area contributed by atoms with Crippen LogP contribution in [0.25, 0.3) is 0 Å². The van der Waals surface area contributed by atoms with Crippen molar-refractivity contribution in [3.63, 3.8) is 0 Å². The Morgan fingerprint density at radius 2 is 1.95 bits per heavy atom. The molecule has 0 saturated heterocycles. The lowest BCUT2D eigenvalue weighted by Crippen LogP contribution is -2.16. The van der Waals surface area contributed by atoms with E-state index in [2.05, 4.69) is 5.32 Å². The molecule has 2 aromatic rings. The van der Waals surface area contributed by atoms with E-state index in [-0.39, 0.29) is 12.4 Å². The third-order valence-corrected chi connectivity index (χ3v) is 3.20. The zero-order valence-corrected chi connectivity index (χ0v) is 10.9. The lowest BCUT2D eigenvalue weighted by atomic mass is 10.2. The van der Waals surface area contributed by atoms with E-state index in [9.17, 15) is 8.78 Å². The molecular formula is C15H15F2NO2. The normalized spacial score (nSPS) is 14.5. The molecule has 3 rings (SSSR count). The Balaban J connectivity index is 1.61. The Kier molecular flexibility index (Phi) is 3.69. The van der Waals surface area contributed by atoms with E-state index < -0.39 is 11.6 Å². The summed E-state index contributed by atoms with van der Waals surface area (Å²) in [6, 6.07) is 5.59. The van der Waals surface area contributed by atoms with Crippen molar-refractivity contribution in [3.8, 4) is 5.75 Å². The summed E-state index contributed by atoms with van der Waals surface area (Å²) in [7, 11) is 0. The minimum atomic E-state index is -0.657. The second-order valence-corrected chi connectivity index (χ2v) is 4.92. The minimum Gasteiger partial charge on any atom is -0.485 e. The van der Waals surface area contributed by atoms with E-state index >= 15 is 0 Å². The van der Waals surface area contributed by atoms with Crippen LogP contribution in [0.4, 0.5) is 8.78 Å². The number of rotatable bonds is 6. The molecule has 0 bridgehead atoms. The molecule has 5 heteroatoms. The minimum absolute atomic E-state index is 0.150. The second-order valence-electron chi connectivity index (χ2n) is 4.92. The SMILES string of the molecule is Fc1cc(F)cc(OCc2occc2CNC2CC2)c1. The van der Waals surface area contributed by atoms with Crippen LogP contribution in [0.5, 0.6) is 5.75 Å². The standard InChI is InChI=1S/C15H15F2NO2/c16-11-5-12(17)7-14(6-11)20-9-15-10(3-4-19-15)8-18-13-1-2-13/h3-7,13,18H,1-2,8-9H2. The highest BCUT2D eigenvalue weighted by atomic mass is 19.1. The number of hydrogen-bond acceptors (Lipinski definition) is 3. The lowest BCUT2D eigenvalue weighted by Gasteiger charge is -2.07. The number of furan rings is 1. The Hall–Kier alpha value is -1.88. The highest BCUT2D eigenvalue weighted by molar-refractivity contribution is 5.24. The molecule has 0 spiro atoms. The molecule has 1 aromatic heterocycles. The summed E-state index contributed by atoms with van der Waals surface area (Å²) < 4.78 is 36.8. The number of benzene rings is 1. The van der Waals surface area contributed by atoms with Crippen LogP contribution in [0, 0.1) is 11.6 Å². The average molecular weight is 279 g/mol. The van der Waals surface area contributed by atoms with Gasteiger partial charge >= 0.3 is 0 Å². The number of nitrogens with one attached hydrogen (secondary N) is 1. The van der Waals surface area contributed by atoms with E-state index in [0.29, 0.717) is 11.8 Å². The molecule has 1 N–H and O–H groups in total. The molecule has 1 saturated carbocycles. The third kappa shape index (κ3) is 3.36. The van der Waals surface area contributed by atoms with Crippen LogP contribution in [0.3, 0.4) is 0 Å². The van der Waals surface area contributed by atoms with Crippen molar-refractivity contribution < 1.29 is 17.9 Å². The predicted octanol–water partition coefficient (Wildman–Crippen LogP) is 3.39. The molecule has 1 aliphatic carbocycles. The highest BCUT2D eigenvalue weighted by Gasteiger charge is 2.21. The van der Waals surface area contributed by atoms with Gasteiger partial charge in [0.25, 0.3) is 0 Å². The lowest BCUT2D eigenvalue weighted by molar-refractivity contribution is 0.265. The summed E-state index contributed by atoms with van der Waals surface area (Å²) >= 11 is 0. The largest absolute Gasteiger partial charge is 0.485 e. The van der Waals surface area contributed by atoms with Crippen molar-refractivity contribution >= 4 is 0 Å². The van der Waals surface area contributed by atoms with E-state index in [1.54, 1.807) is 6.26 Å². The molecule has 1 fully saturated rings. The smallest absolute Gasteiger partial charge is 0.146 e. The summed E-state index contributed by atoms with van der Waals surface area (Å²) in [5, 5.41) is 3.38. The molecule has 1 heterocycles. The first-order chi connectivity index (χ1) is 9.70.